The lowest BCUT2D eigenvalue weighted by molar-refractivity contribution is -0.134. The van der Waals surface area contributed by atoms with Crippen LogP contribution >= 0.6 is 11.3 Å². The number of urea groups is 1. The van der Waals surface area contributed by atoms with E-state index in [1.54, 1.807) is 0 Å². The minimum atomic E-state index is -1.16. The maximum absolute atomic E-state index is 13.6. The molecule has 10 heteroatoms. The summed E-state index contributed by atoms with van der Waals surface area (Å²) in [7, 11) is 1.50. The van der Waals surface area contributed by atoms with E-state index in [-0.39, 0.29) is 31.8 Å². The number of hydrogen-bond donors (Lipinski definition) is 4. The Balaban J connectivity index is 1.80. The molecular formula is C28H34F2N4O3S. The molecule has 5 N–H and O–H groups in total. The van der Waals surface area contributed by atoms with Crippen LogP contribution in [0, 0.1) is 11.6 Å². The van der Waals surface area contributed by atoms with E-state index in [0.717, 1.165) is 29.2 Å². The standard InChI is InChI=1S/C28H34F2N4O3S/c1-3-18-5-4-6-19(9-18)15-34(16-26(35)24(31)12-20-10-22(29)13-23(30)11-20)27(36)14-25(33-28(37)32-2)21-7-8-38-17-21/h4-11,13,17,24-26,35H,3,12,14-16,31H2,1-2H3,(H2,32,33,37). The third-order valence-corrected chi connectivity index (χ3v) is 6.98. The van der Waals surface area contributed by atoms with Gasteiger partial charge in [-0.3, -0.25) is 4.79 Å². The van der Waals surface area contributed by atoms with Crippen molar-refractivity contribution in [3.05, 3.63) is 93.2 Å². The molecule has 0 radical (unpaired) electrons. The molecule has 2 aromatic carbocycles. The first-order chi connectivity index (χ1) is 18.2. The first-order valence-corrected chi connectivity index (χ1v) is 13.4. The number of hydrogen-bond acceptors (Lipinski definition) is 5. The molecule has 204 valence electrons. The summed E-state index contributed by atoms with van der Waals surface area (Å²) >= 11 is 1.46. The van der Waals surface area contributed by atoms with E-state index in [1.165, 1.54) is 35.4 Å². The maximum atomic E-state index is 13.6. The lowest BCUT2D eigenvalue weighted by Gasteiger charge is -2.30. The number of aliphatic hydroxyl groups is 1. The van der Waals surface area contributed by atoms with E-state index in [9.17, 15) is 23.5 Å². The van der Waals surface area contributed by atoms with Crippen molar-refractivity contribution in [2.45, 2.75) is 50.9 Å². The lowest BCUT2D eigenvalue weighted by atomic mass is 10.0. The summed E-state index contributed by atoms with van der Waals surface area (Å²) in [6.45, 7) is 2.17. The highest BCUT2D eigenvalue weighted by atomic mass is 32.1. The Labute approximate surface area is 225 Å². The van der Waals surface area contributed by atoms with Crippen molar-refractivity contribution in [3.8, 4) is 0 Å². The van der Waals surface area contributed by atoms with Gasteiger partial charge < -0.3 is 26.4 Å². The van der Waals surface area contributed by atoms with Crippen LogP contribution in [-0.4, -0.2) is 47.7 Å². The van der Waals surface area contributed by atoms with Crippen molar-refractivity contribution >= 4 is 23.3 Å². The fourth-order valence-electron chi connectivity index (χ4n) is 4.18. The van der Waals surface area contributed by atoms with Crippen LogP contribution in [0.1, 0.15) is 41.6 Å². The van der Waals surface area contributed by atoms with Crippen LogP contribution in [0.2, 0.25) is 0 Å². The first-order valence-electron chi connectivity index (χ1n) is 12.4. The van der Waals surface area contributed by atoms with E-state index < -0.39 is 35.9 Å². The number of rotatable bonds is 12. The van der Waals surface area contributed by atoms with Gasteiger partial charge in [0.05, 0.1) is 18.6 Å². The Bertz CT molecular complexity index is 1190. The van der Waals surface area contributed by atoms with Gasteiger partial charge in [0.25, 0.3) is 0 Å². The Morgan fingerprint density at radius 2 is 1.79 bits per heavy atom. The van der Waals surface area contributed by atoms with Crippen molar-refractivity contribution in [1.82, 2.24) is 15.5 Å². The van der Waals surface area contributed by atoms with Crippen LogP contribution in [0.5, 0.6) is 0 Å². The molecular weight excluding hydrogens is 510 g/mol. The third kappa shape index (κ3) is 8.61. The van der Waals surface area contributed by atoms with Crippen molar-refractivity contribution < 1.29 is 23.5 Å². The number of carbonyl (C=O) groups is 2. The molecule has 0 saturated carbocycles. The van der Waals surface area contributed by atoms with Gasteiger partial charge in [-0.2, -0.15) is 11.3 Å². The lowest BCUT2D eigenvalue weighted by Crippen LogP contribution is -2.47. The average Bonchev–Trinajstić information content (AvgIpc) is 3.42. The Morgan fingerprint density at radius 3 is 2.42 bits per heavy atom. The zero-order chi connectivity index (χ0) is 27.7. The molecule has 1 heterocycles. The average molecular weight is 545 g/mol. The fourth-order valence-corrected chi connectivity index (χ4v) is 4.89. The normalized spacial score (nSPS) is 13.4. The van der Waals surface area contributed by atoms with Gasteiger partial charge in [-0.15, -0.1) is 0 Å². The predicted octanol–water partition coefficient (Wildman–Crippen LogP) is 3.91. The molecule has 0 spiro atoms. The number of aliphatic hydroxyl groups excluding tert-OH is 1. The highest BCUT2D eigenvalue weighted by molar-refractivity contribution is 7.08. The maximum Gasteiger partial charge on any atom is 0.315 e. The van der Waals surface area contributed by atoms with Gasteiger partial charge in [-0.25, -0.2) is 13.6 Å². The van der Waals surface area contributed by atoms with Crippen molar-refractivity contribution in [1.29, 1.82) is 0 Å². The molecule has 3 atom stereocenters. The third-order valence-electron chi connectivity index (χ3n) is 6.28. The molecule has 3 rings (SSSR count). The summed E-state index contributed by atoms with van der Waals surface area (Å²) in [6.07, 6.45) is -0.338. The molecule has 0 fully saturated rings. The summed E-state index contributed by atoms with van der Waals surface area (Å²) < 4.78 is 27.2. The summed E-state index contributed by atoms with van der Waals surface area (Å²) in [5.74, 6) is -1.74. The van der Waals surface area contributed by atoms with E-state index in [2.05, 4.69) is 10.6 Å². The zero-order valence-corrected chi connectivity index (χ0v) is 22.3. The van der Waals surface area contributed by atoms with E-state index >= 15 is 0 Å². The van der Waals surface area contributed by atoms with Crippen LogP contribution in [-0.2, 0) is 24.2 Å². The number of carbonyl (C=O) groups excluding carboxylic acids is 2. The zero-order valence-electron chi connectivity index (χ0n) is 21.5. The number of thiophene rings is 1. The Hall–Kier alpha value is -3.34. The van der Waals surface area contributed by atoms with Crippen molar-refractivity contribution in [2.24, 2.45) is 5.73 Å². The van der Waals surface area contributed by atoms with Crippen LogP contribution in [0.25, 0.3) is 0 Å². The summed E-state index contributed by atoms with van der Waals surface area (Å²) in [5.41, 5.74) is 9.31. The smallest absolute Gasteiger partial charge is 0.315 e. The van der Waals surface area contributed by atoms with Gasteiger partial charge in [0.15, 0.2) is 0 Å². The van der Waals surface area contributed by atoms with Gasteiger partial charge in [0.2, 0.25) is 5.91 Å². The molecule has 38 heavy (non-hydrogen) atoms. The van der Waals surface area contributed by atoms with Crippen molar-refractivity contribution in [3.63, 3.8) is 0 Å². The molecule has 7 nitrogen and oxygen atoms in total. The van der Waals surface area contributed by atoms with Gasteiger partial charge >= 0.3 is 6.03 Å². The highest BCUT2D eigenvalue weighted by Crippen LogP contribution is 2.22. The fraction of sp³-hybridized carbons (Fsp3) is 0.357. The van der Waals surface area contributed by atoms with Crippen LogP contribution in [0.4, 0.5) is 13.6 Å². The number of nitrogens with zero attached hydrogens (tertiary/aromatic N) is 1. The highest BCUT2D eigenvalue weighted by Gasteiger charge is 2.26. The molecule has 0 bridgehead atoms. The van der Waals surface area contributed by atoms with E-state index in [4.69, 9.17) is 5.73 Å². The van der Waals surface area contributed by atoms with Crippen molar-refractivity contribution in [2.75, 3.05) is 13.6 Å². The van der Waals surface area contributed by atoms with Gasteiger partial charge in [0.1, 0.15) is 11.6 Å². The molecule has 0 saturated heterocycles. The van der Waals surface area contributed by atoms with Gasteiger partial charge in [0, 0.05) is 32.2 Å². The number of aryl methyl sites for hydroxylation is 1. The second-order valence-electron chi connectivity index (χ2n) is 9.20. The minimum Gasteiger partial charge on any atom is -0.390 e. The number of benzene rings is 2. The number of amides is 3. The SMILES string of the molecule is CCc1cccc(CN(CC(O)C(N)Cc2cc(F)cc(F)c2)C(=O)CC(NC(=O)NC)c2ccsc2)c1. The number of nitrogens with one attached hydrogen (secondary N) is 2. The predicted molar refractivity (Wildman–Crippen MR) is 145 cm³/mol. The molecule has 3 amide bonds. The summed E-state index contributed by atoms with van der Waals surface area (Å²) in [5, 5.41) is 20.0. The van der Waals surface area contributed by atoms with E-state index in [0.29, 0.717) is 5.56 Å². The van der Waals surface area contributed by atoms with Crippen LogP contribution in [0.15, 0.2) is 59.3 Å². The van der Waals surface area contributed by atoms with Gasteiger partial charge in [-0.1, -0.05) is 31.2 Å². The largest absolute Gasteiger partial charge is 0.390 e. The second-order valence-corrected chi connectivity index (χ2v) is 9.98. The minimum absolute atomic E-state index is 0.0267. The topological polar surface area (TPSA) is 108 Å². The number of nitrogens with two attached hydrogens (primary N) is 1. The number of halogens is 2. The quantitative estimate of drug-likeness (QED) is 0.277. The molecule has 0 aliphatic heterocycles. The summed E-state index contributed by atoms with van der Waals surface area (Å²) in [4.78, 5) is 27.2. The molecule has 3 unspecified atom stereocenters. The molecule has 0 aliphatic carbocycles. The molecule has 3 aromatic rings. The van der Waals surface area contributed by atoms with E-state index in [1.807, 2.05) is 48.0 Å². The van der Waals surface area contributed by atoms with Crippen LogP contribution < -0.4 is 16.4 Å². The summed E-state index contributed by atoms with van der Waals surface area (Å²) in [6, 6.07) is 10.9. The second kappa shape index (κ2) is 14.0. The van der Waals surface area contributed by atoms with Gasteiger partial charge in [-0.05, 0) is 64.1 Å². The Morgan fingerprint density at radius 1 is 1.08 bits per heavy atom. The molecule has 1 aromatic heterocycles. The monoisotopic (exact) mass is 544 g/mol. The van der Waals surface area contributed by atoms with Crippen LogP contribution in [0.3, 0.4) is 0 Å². The first kappa shape index (κ1) is 29.2. The Kier molecular flexibility index (Phi) is 10.8. The molecule has 0 aliphatic rings.